The van der Waals surface area contributed by atoms with Gasteiger partial charge in [0, 0.05) is 24.8 Å². The van der Waals surface area contributed by atoms with E-state index in [1.807, 2.05) is 0 Å². The minimum absolute atomic E-state index is 0.147. The molecule has 0 bridgehead atoms. The molecule has 1 aliphatic carbocycles. The van der Waals surface area contributed by atoms with Gasteiger partial charge < -0.3 is 15.7 Å². The average molecular weight is 335 g/mol. The second-order valence-corrected chi connectivity index (χ2v) is 6.07. The van der Waals surface area contributed by atoms with E-state index in [0.717, 1.165) is 6.07 Å². The molecule has 2 fully saturated rings. The van der Waals surface area contributed by atoms with E-state index in [4.69, 9.17) is 5.11 Å². The molecular formula is C16H18FN3O4. The molecule has 2 aliphatic rings. The number of rotatable bonds is 4. The molecule has 7 nitrogen and oxygen atoms in total. The first-order chi connectivity index (χ1) is 11.5. The molecule has 3 amide bonds. The maximum Gasteiger partial charge on any atom is 0.321 e. The molecule has 1 aromatic carbocycles. The summed E-state index contributed by atoms with van der Waals surface area (Å²) in [7, 11) is 0. The molecule has 0 aromatic heterocycles. The fraction of sp³-hybridized carbons (Fsp3) is 0.438. The summed E-state index contributed by atoms with van der Waals surface area (Å²) in [5.74, 6) is -2.62. The smallest absolute Gasteiger partial charge is 0.321 e. The number of halogens is 1. The highest BCUT2D eigenvalue weighted by atomic mass is 19.1. The molecule has 1 aromatic rings. The van der Waals surface area contributed by atoms with Crippen LogP contribution < -0.4 is 15.5 Å². The van der Waals surface area contributed by atoms with Crippen LogP contribution in [-0.4, -0.2) is 42.1 Å². The lowest BCUT2D eigenvalue weighted by Gasteiger charge is -2.17. The maximum atomic E-state index is 14.0. The highest BCUT2D eigenvalue weighted by molar-refractivity contribution is 5.98. The van der Waals surface area contributed by atoms with E-state index in [-0.39, 0.29) is 17.6 Å². The Morgan fingerprint density at radius 1 is 1.33 bits per heavy atom. The lowest BCUT2D eigenvalue weighted by Crippen LogP contribution is -2.34. The number of aliphatic carboxylic acids is 1. The van der Waals surface area contributed by atoms with Crippen molar-refractivity contribution >= 4 is 23.6 Å². The van der Waals surface area contributed by atoms with Crippen LogP contribution in [0.25, 0.3) is 0 Å². The zero-order chi connectivity index (χ0) is 17.3. The predicted molar refractivity (Wildman–Crippen MR) is 83.4 cm³/mol. The standard InChI is InChI=1S/C16H18FN3O4/c17-13-4-3-11(20-6-5-18-16(20)24)8-12(13)14(21)19-10-2-1-9(7-10)15(22)23/h3-4,8-10H,1-2,5-7H2,(H,18,24)(H,19,21)(H,22,23)/t9-,10+/m0/s1. The number of hydrogen-bond donors (Lipinski definition) is 3. The van der Waals surface area contributed by atoms with Gasteiger partial charge in [-0.15, -0.1) is 0 Å². The van der Waals surface area contributed by atoms with Crippen LogP contribution in [0.5, 0.6) is 0 Å². The number of carboxylic acid groups (broad SMARTS) is 1. The Hall–Kier alpha value is -2.64. The number of carbonyl (C=O) groups excluding carboxylic acids is 2. The second-order valence-electron chi connectivity index (χ2n) is 6.07. The molecular weight excluding hydrogens is 317 g/mol. The largest absolute Gasteiger partial charge is 0.481 e. The molecule has 128 valence electrons. The van der Waals surface area contributed by atoms with Gasteiger partial charge in [-0.05, 0) is 37.5 Å². The highest BCUT2D eigenvalue weighted by Gasteiger charge is 2.31. The number of carboxylic acids is 1. The minimum atomic E-state index is -0.875. The van der Waals surface area contributed by atoms with Crippen molar-refractivity contribution in [1.82, 2.24) is 10.6 Å². The molecule has 24 heavy (non-hydrogen) atoms. The van der Waals surface area contributed by atoms with Gasteiger partial charge in [-0.2, -0.15) is 0 Å². The maximum absolute atomic E-state index is 14.0. The Bertz CT molecular complexity index is 694. The van der Waals surface area contributed by atoms with E-state index in [9.17, 15) is 18.8 Å². The average Bonchev–Trinajstić information content (AvgIpc) is 3.17. The van der Waals surface area contributed by atoms with Crippen molar-refractivity contribution in [3.05, 3.63) is 29.6 Å². The van der Waals surface area contributed by atoms with Crippen molar-refractivity contribution in [2.45, 2.75) is 25.3 Å². The number of carbonyl (C=O) groups is 3. The number of benzene rings is 1. The topological polar surface area (TPSA) is 98.7 Å². The molecule has 1 heterocycles. The van der Waals surface area contributed by atoms with E-state index in [2.05, 4.69) is 10.6 Å². The summed E-state index contributed by atoms with van der Waals surface area (Å²) in [6.45, 7) is 0.949. The molecule has 3 N–H and O–H groups in total. The van der Waals surface area contributed by atoms with E-state index in [0.29, 0.717) is 38.0 Å². The normalized spacial score (nSPS) is 23.2. The van der Waals surface area contributed by atoms with Gasteiger partial charge >= 0.3 is 12.0 Å². The molecule has 1 saturated carbocycles. The van der Waals surface area contributed by atoms with Crippen LogP contribution in [0.1, 0.15) is 29.6 Å². The van der Waals surface area contributed by atoms with E-state index in [1.165, 1.54) is 17.0 Å². The number of anilines is 1. The SMILES string of the molecule is O=C(N[C@@H]1CC[C@H](C(=O)O)C1)c1cc(N2CCNC2=O)ccc1F. The molecule has 1 aliphatic heterocycles. The van der Waals surface area contributed by atoms with Crippen molar-refractivity contribution in [1.29, 1.82) is 0 Å². The van der Waals surface area contributed by atoms with Crippen LogP contribution in [0.15, 0.2) is 18.2 Å². The van der Waals surface area contributed by atoms with Gasteiger partial charge in [0.15, 0.2) is 0 Å². The van der Waals surface area contributed by atoms with Crippen LogP contribution in [0, 0.1) is 11.7 Å². The van der Waals surface area contributed by atoms with Crippen molar-refractivity contribution in [3.8, 4) is 0 Å². The van der Waals surface area contributed by atoms with Crippen LogP contribution in [-0.2, 0) is 4.79 Å². The number of amides is 3. The zero-order valence-corrected chi connectivity index (χ0v) is 12.9. The fourth-order valence-electron chi connectivity index (χ4n) is 3.17. The first kappa shape index (κ1) is 16.2. The molecule has 1 saturated heterocycles. The quantitative estimate of drug-likeness (QED) is 0.773. The van der Waals surface area contributed by atoms with Crippen molar-refractivity contribution < 1.29 is 23.9 Å². The summed E-state index contributed by atoms with van der Waals surface area (Å²) >= 11 is 0. The number of nitrogens with one attached hydrogen (secondary N) is 2. The molecule has 0 spiro atoms. The third-order valence-corrected chi connectivity index (χ3v) is 4.48. The second kappa shape index (κ2) is 6.46. The highest BCUT2D eigenvalue weighted by Crippen LogP contribution is 2.26. The molecule has 8 heteroatoms. The number of hydrogen-bond acceptors (Lipinski definition) is 3. The summed E-state index contributed by atoms with van der Waals surface area (Å²) in [4.78, 5) is 36.4. The Balaban J connectivity index is 1.72. The third-order valence-electron chi connectivity index (χ3n) is 4.48. The molecule has 0 unspecified atom stereocenters. The van der Waals surface area contributed by atoms with E-state index < -0.39 is 23.6 Å². The molecule has 3 rings (SSSR count). The summed E-state index contributed by atoms with van der Waals surface area (Å²) in [6.07, 6.45) is 1.40. The lowest BCUT2D eigenvalue weighted by atomic mass is 10.1. The summed E-state index contributed by atoms with van der Waals surface area (Å²) in [6, 6.07) is 3.39. The van der Waals surface area contributed by atoms with Gasteiger partial charge in [-0.1, -0.05) is 0 Å². The van der Waals surface area contributed by atoms with Gasteiger partial charge in [-0.25, -0.2) is 9.18 Å². The monoisotopic (exact) mass is 335 g/mol. The van der Waals surface area contributed by atoms with Crippen molar-refractivity contribution in [2.75, 3.05) is 18.0 Å². The number of nitrogens with zero attached hydrogens (tertiary/aromatic N) is 1. The summed E-state index contributed by atoms with van der Waals surface area (Å²) in [5.41, 5.74) is 0.303. The van der Waals surface area contributed by atoms with Gasteiger partial charge in [0.2, 0.25) is 0 Å². The van der Waals surface area contributed by atoms with Gasteiger partial charge in [0.05, 0.1) is 11.5 Å². The first-order valence-electron chi connectivity index (χ1n) is 7.84. The Morgan fingerprint density at radius 2 is 2.12 bits per heavy atom. The van der Waals surface area contributed by atoms with Crippen LogP contribution in [0.2, 0.25) is 0 Å². The zero-order valence-electron chi connectivity index (χ0n) is 12.9. The predicted octanol–water partition coefficient (Wildman–Crippen LogP) is 1.34. The fourth-order valence-corrected chi connectivity index (χ4v) is 3.17. The van der Waals surface area contributed by atoms with Gasteiger partial charge in [-0.3, -0.25) is 14.5 Å². The summed E-state index contributed by atoms with van der Waals surface area (Å²) in [5, 5.41) is 14.3. The first-order valence-corrected chi connectivity index (χ1v) is 7.84. The van der Waals surface area contributed by atoms with Crippen molar-refractivity contribution in [2.24, 2.45) is 5.92 Å². The Morgan fingerprint density at radius 3 is 2.75 bits per heavy atom. The summed E-state index contributed by atoms with van der Waals surface area (Å²) < 4.78 is 14.0. The van der Waals surface area contributed by atoms with Gasteiger partial charge in [0.1, 0.15) is 5.82 Å². The Kier molecular flexibility index (Phi) is 4.37. The van der Waals surface area contributed by atoms with Gasteiger partial charge in [0.25, 0.3) is 5.91 Å². The van der Waals surface area contributed by atoms with E-state index >= 15 is 0 Å². The van der Waals surface area contributed by atoms with E-state index in [1.54, 1.807) is 0 Å². The third kappa shape index (κ3) is 3.17. The Labute approximate surface area is 137 Å². The van der Waals surface area contributed by atoms with Crippen molar-refractivity contribution in [3.63, 3.8) is 0 Å². The van der Waals surface area contributed by atoms with Crippen LogP contribution in [0.3, 0.4) is 0 Å². The number of urea groups is 1. The van der Waals surface area contributed by atoms with Crippen LogP contribution in [0.4, 0.5) is 14.9 Å². The lowest BCUT2D eigenvalue weighted by molar-refractivity contribution is -0.141. The van der Waals surface area contributed by atoms with Crippen LogP contribution >= 0.6 is 0 Å². The molecule has 0 radical (unpaired) electrons. The minimum Gasteiger partial charge on any atom is -0.481 e. The molecule has 2 atom stereocenters.